The number of amides is 2. The molecule has 28 heavy (non-hydrogen) atoms. The van der Waals surface area contributed by atoms with E-state index in [9.17, 15) is 14.0 Å². The van der Waals surface area contributed by atoms with Crippen LogP contribution in [0.15, 0.2) is 53.7 Å². The molecule has 0 aliphatic rings. The Morgan fingerprint density at radius 3 is 2.21 bits per heavy atom. The summed E-state index contributed by atoms with van der Waals surface area (Å²) in [6.07, 6.45) is -0.782. The molecule has 0 aliphatic heterocycles. The fourth-order valence-corrected chi connectivity index (χ4v) is 2.28. The van der Waals surface area contributed by atoms with E-state index in [0.717, 1.165) is 10.5 Å². The molecule has 6 nitrogen and oxygen atoms in total. The number of rotatable bonds is 5. The number of oxime groups is 1. The van der Waals surface area contributed by atoms with Gasteiger partial charge >= 0.3 is 6.09 Å². The number of nitrogens with zero attached hydrogens (tertiary/aromatic N) is 2. The fraction of sp³-hybridized carbons (Fsp3) is 0.286. The van der Waals surface area contributed by atoms with Crippen molar-refractivity contribution in [2.24, 2.45) is 5.16 Å². The summed E-state index contributed by atoms with van der Waals surface area (Å²) in [5, 5.41) is 4.00. The maximum Gasteiger partial charge on any atom is 0.420 e. The number of imide groups is 1. The molecule has 2 rings (SSSR count). The second-order valence-corrected chi connectivity index (χ2v) is 5.41. The van der Waals surface area contributed by atoms with Crippen molar-refractivity contribution in [3.8, 4) is 0 Å². The second kappa shape index (κ2) is 11.5. The van der Waals surface area contributed by atoms with Crippen LogP contribution in [0.1, 0.15) is 38.8 Å². The highest BCUT2D eigenvalue weighted by atomic mass is 19.1. The van der Waals surface area contributed by atoms with Crippen LogP contribution >= 0.6 is 0 Å². The molecule has 150 valence electrons. The molecule has 0 fully saturated rings. The van der Waals surface area contributed by atoms with E-state index in [0.29, 0.717) is 17.0 Å². The number of anilines is 1. The average Bonchev–Trinajstić information content (AvgIpc) is 2.70. The molecule has 0 heterocycles. The maximum atomic E-state index is 13.0. The van der Waals surface area contributed by atoms with Crippen LogP contribution in [0.5, 0.6) is 0 Å². The lowest BCUT2D eigenvalue weighted by molar-refractivity contribution is -0.116. The van der Waals surface area contributed by atoms with Gasteiger partial charge in [0, 0.05) is 12.5 Å². The third-order valence-electron chi connectivity index (χ3n) is 3.59. The first-order chi connectivity index (χ1) is 13.4. The summed E-state index contributed by atoms with van der Waals surface area (Å²) in [5.41, 5.74) is 2.24. The van der Waals surface area contributed by atoms with E-state index in [2.05, 4.69) is 9.89 Å². The average molecular weight is 388 g/mol. The normalized spacial score (nSPS) is 10.4. The van der Waals surface area contributed by atoms with Crippen LogP contribution in [0.3, 0.4) is 0 Å². The van der Waals surface area contributed by atoms with Crippen molar-refractivity contribution in [1.82, 2.24) is 0 Å². The lowest BCUT2D eigenvalue weighted by Crippen LogP contribution is -2.35. The van der Waals surface area contributed by atoms with E-state index in [1.165, 1.54) is 26.2 Å². The molecule has 2 aromatic rings. The highest BCUT2D eigenvalue weighted by Crippen LogP contribution is 2.22. The molecule has 0 N–H and O–H groups in total. The molecule has 0 saturated heterocycles. The first-order valence-electron chi connectivity index (χ1n) is 8.83. The van der Waals surface area contributed by atoms with E-state index >= 15 is 0 Å². The Labute approximate surface area is 164 Å². The Bertz CT molecular complexity index is 819. The molecule has 0 saturated carbocycles. The lowest BCUT2D eigenvalue weighted by atomic mass is 10.1. The van der Waals surface area contributed by atoms with Gasteiger partial charge in [-0.05, 0) is 30.7 Å². The van der Waals surface area contributed by atoms with Gasteiger partial charge in [-0.15, -0.1) is 0 Å². The Kier molecular flexibility index (Phi) is 9.36. The van der Waals surface area contributed by atoms with E-state index in [4.69, 9.17) is 4.84 Å². The zero-order chi connectivity index (χ0) is 21.1. The zero-order valence-corrected chi connectivity index (χ0v) is 16.7. The van der Waals surface area contributed by atoms with Gasteiger partial charge in [-0.3, -0.25) is 4.79 Å². The molecule has 0 aromatic heterocycles. The number of ether oxygens (including phenoxy) is 1. The van der Waals surface area contributed by atoms with Gasteiger partial charge in [0.25, 0.3) is 0 Å². The van der Waals surface area contributed by atoms with Crippen LogP contribution in [-0.2, 0) is 21.0 Å². The molecule has 0 atom stereocenters. The predicted octanol–water partition coefficient (Wildman–Crippen LogP) is 4.91. The molecule has 0 bridgehead atoms. The maximum absolute atomic E-state index is 13.0. The van der Waals surface area contributed by atoms with Crippen molar-refractivity contribution in [3.05, 3.63) is 65.5 Å². The molecule has 2 amide bonds. The topological polar surface area (TPSA) is 68.2 Å². The first kappa shape index (κ1) is 22.8. The van der Waals surface area contributed by atoms with Gasteiger partial charge in [-0.2, -0.15) is 0 Å². The van der Waals surface area contributed by atoms with Gasteiger partial charge in [0.15, 0.2) is 0 Å². The zero-order valence-electron chi connectivity index (χ0n) is 16.7. The minimum atomic E-state index is -0.782. The summed E-state index contributed by atoms with van der Waals surface area (Å²) >= 11 is 0. The van der Waals surface area contributed by atoms with Crippen molar-refractivity contribution in [2.75, 3.05) is 12.0 Å². The monoisotopic (exact) mass is 388 g/mol. The number of halogens is 1. The first-order valence-corrected chi connectivity index (χ1v) is 8.83. The summed E-state index contributed by atoms with van der Waals surface area (Å²) < 4.78 is 17.6. The highest BCUT2D eigenvalue weighted by molar-refractivity contribution is 6.11. The number of carbonyl (C=O) groups excluding carboxylic acids is 2. The SMILES string of the molecule is CC.COC(=O)N(C(C)=O)c1ccccc1CO/N=C(\C)c1ccc(F)cc1. The number of para-hydroxylation sites is 1. The van der Waals surface area contributed by atoms with E-state index in [1.54, 1.807) is 43.3 Å². The van der Waals surface area contributed by atoms with E-state index in [-0.39, 0.29) is 12.4 Å². The highest BCUT2D eigenvalue weighted by Gasteiger charge is 2.23. The van der Waals surface area contributed by atoms with Crippen LogP contribution in [-0.4, -0.2) is 24.8 Å². The van der Waals surface area contributed by atoms with Gasteiger partial charge in [0.05, 0.1) is 18.5 Å². The summed E-state index contributed by atoms with van der Waals surface area (Å²) in [4.78, 5) is 30.0. The Hall–Kier alpha value is -3.22. The van der Waals surface area contributed by atoms with Crippen molar-refractivity contribution in [1.29, 1.82) is 0 Å². The third-order valence-corrected chi connectivity index (χ3v) is 3.59. The number of hydrogen-bond acceptors (Lipinski definition) is 5. The quantitative estimate of drug-likeness (QED) is 0.539. The molecule has 0 unspecified atom stereocenters. The van der Waals surface area contributed by atoms with Crippen molar-refractivity contribution in [3.63, 3.8) is 0 Å². The van der Waals surface area contributed by atoms with Crippen LogP contribution in [0.25, 0.3) is 0 Å². The minimum absolute atomic E-state index is 0.0372. The summed E-state index contributed by atoms with van der Waals surface area (Å²) in [7, 11) is 1.20. The minimum Gasteiger partial charge on any atom is -0.452 e. The van der Waals surface area contributed by atoms with Gasteiger partial charge in [-0.1, -0.05) is 49.3 Å². The largest absolute Gasteiger partial charge is 0.452 e. The third kappa shape index (κ3) is 6.19. The molecule has 2 aromatic carbocycles. The number of methoxy groups -OCH3 is 1. The molecular formula is C21H25FN2O4. The Morgan fingerprint density at radius 2 is 1.64 bits per heavy atom. The molecule has 0 aliphatic carbocycles. The van der Waals surface area contributed by atoms with Crippen LogP contribution in [0.2, 0.25) is 0 Å². The standard InChI is InChI=1S/C19H19FN2O4.C2H6/c1-13(15-8-10-17(20)11-9-15)21-26-12-16-6-4-5-7-18(16)22(14(2)23)19(24)25-3;1-2/h4-11H,12H2,1-3H3;1-2H3/b21-13+;. The molecule has 7 heteroatoms. The van der Waals surface area contributed by atoms with Crippen molar-refractivity contribution in [2.45, 2.75) is 34.3 Å². The van der Waals surface area contributed by atoms with E-state index < -0.39 is 12.0 Å². The Balaban J connectivity index is 0.00000190. The summed E-state index contributed by atoms with van der Waals surface area (Å²) in [6, 6.07) is 12.7. The number of carbonyl (C=O) groups is 2. The van der Waals surface area contributed by atoms with Gasteiger partial charge in [-0.25, -0.2) is 14.1 Å². The smallest absolute Gasteiger partial charge is 0.420 e. The Morgan fingerprint density at radius 1 is 1.04 bits per heavy atom. The van der Waals surface area contributed by atoms with Gasteiger partial charge < -0.3 is 9.57 Å². The van der Waals surface area contributed by atoms with Gasteiger partial charge in [0.1, 0.15) is 12.4 Å². The van der Waals surface area contributed by atoms with Crippen molar-refractivity contribution < 1.29 is 23.6 Å². The molecular weight excluding hydrogens is 363 g/mol. The number of benzene rings is 2. The fourth-order valence-electron chi connectivity index (χ4n) is 2.28. The lowest BCUT2D eigenvalue weighted by Gasteiger charge is -2.20. The molecule has 0 radical (unpaired) electrons. The number of hydrogen-bond donors (Lipinski definition) is 0. The summed E-state index contributed by atoms with van der Waals surface area (Å²) in [5.74, 6) is -0.807. The van der Waals surface area contributed by atoms with Gasteiger partial charge in [0.2, 0.25) is 5.91 Å². The van der Waals surface area contributed by atoms with Crippen LogP contribution < -0.4 is 4.90 Å². The van der Waals surface area contributed by atoms with Crippen LogP contribution in [0, 0.1) is 5.82 Å². The van der Waals surface area contributed by atoms with Crippen molar-refractivity contribution >= 4 is 23.4 Å². The predicted molar refractivity (Wildman–Crippen MR) is 107 cm³/mol. The van der Waals surface area contributed by atoms with Crippen LogP contribution in [0.4, 0.5) is 14.9 Å². The summed E-state index contributed by atoms with van der Waals surface area (Å²) in [6.45, 7) is 7.04. The second-order valence-electron chi connectivity index (χ2n) is 5.41. The molecule has 0 spiro atoms. The van der Waals surface area contributed by atoms with E-state index in [1.807, 2.05) is 13.8 Å².